The van der Waals surface area contributed by atoms with E-state index >= 15 is 0 Å². The number of aromatic hydroxyl groups is 1. The third kappa shape index (κ3) is 5.26. The first-order valence-electron chi connectivity index (χ1n) is 7.64. The summed E-state index contributed by atoms with van der Waals surface area (Å²) < 4.78 is 30.4. The zero-order chi connectivity index (χ0) is 19.3. The van der Waals surface area contributed by atoms with Crippen molar-refractivity contribution in [1.29, 1.82) is 0 Å². The highest BCUT2D eigenvalue weighted by Crippen LogP contribution is 2.25. The van der Waals surface area contributed by atoms with E-state index in [0.29, 0.717) is 36.1 Å². The Hall–Kier alpha value is -1.49. The normalized spacial score (nSPS) is 16.3. The molecule has 1 fully saturated rings. The lowest BCUT2D eigenvalue weighted by Gasteiger charge is -2.22. The number of hydrogen-bond donors (Lipinski definition) is 3. The molecule has 4 N–H and O–H groups in total. The summed E-state index contributed by atoms with van der Waals surface area (Å²) in [6, 6.07) is 4.23. The van der Waals surface area contributed by atoms with E-state index in [1.165, 1.54) is 23.6 Å². The molecule has 142 valence electrons. The molecule has 1 aliphatic rings. The smallest absolute Gasteiger partial charge is 0.257 e. The van der Waals surface area contributed by atoms with Crippen molar-refractivity contribution in [3.05, 3.63) is 50.3 Å². The van der Waals surface area contributed by atoms with Gasteiger partial charge in [-0.25, -0.2) is 8.42 Å². The summed E-state index contributed by atoms with van der Waals surface area (Å²) in [5.41, 5.74) is 6.04. The summed E-state index contributed by atoms with van der Waals surface area (Å²) in [5, 5.41) is 12.6. The third-order valence-electron chi connectivity index (χ3n) is 3.70. The lowest BCUT2D eigenvalue weighted by molar-refractivity contribution is 0.0968. The Morgan fingerprint density at radius 3 is 2.69 bits per heavy atom. The second-order valence-corrected chi connectivity index (χ2v) is 9.58. The topological polar surface area (TPSA) is 119 Å². The number of hydrogen-bond acceptors (Lipinski definition) is 7. The maximum absolute atomic E-state index is 12.4. The molecule has 1 aliphatic heterocycles. The number of carbonyl (C=O) groups excluding carboxylic acids is 1. The molecular formula is C16H19BrN2O5S2. The summed E-state index contributed by atoms with van der Waals surface area (Å²) >= 11 is 4.11. The lowest BCUT2D eigenvalue weighted by atomic mass is 10.2. The monoisotopic (exact) mass is 462 g/mol. The fraction of sp³-hybridized carbons (Fsp3) is 0.312. The van der Waals surface area contributed by atoms with Crippen LogP contribution in [0.5, 0.6) is 5.75 Å². The number of carbonyl (C=O) groups is 1. The van der Waals surface area contributed by atoms with Gasteiger partial charge in [0.25, 0.3) is 5.91 Å². The van der Waals surface area contributed by atoms with Gasteiger partial charge in [0, 0.05) is 23.1 Å². The van der Waals surface area contributed by atoms with Gasteiger partial charge in [0.05, 0.1) is 15.8 Å². The Kier molecular flexibility index (Phi) is 7.16. The molecule has 1 heterocycles. The van der Waals surface area contributed by atoms with Crippen LogP contribution < -0.4 is 11.1 Å². The highest BCUT2D eigenvalue weighted by Gasteiger charge is 2.29. The van der Waals surface area contributed by atoms with Gasteiger partial charge in [-0.15, -0.1) is 0 Å². The predicted molar refractivity (Wildman–Crippen MR) is 105 cm³/mol. The Morgan fingerprint density at radius 1 is 1.42 bits per heavy atom. The van der Waals surface area contributed by atoms with Crippen LogP contribution in [-0.4, -0.2) is 37.9 Å². The van der Waals surface area contributed by atoms with E-state index in [1.54, 1.807) is 0 Å². The quantitative estimate of drug-likeness (QED) is 0.593. The first-order chi connectivity index (χ1) is 12.2. The van der Waals surface area contributed by atoms with Crippen LogP contribution in [0.15, 0.2) is 44.7 Å². The third-order valence-corrected chi connectivity index (χ3v) is 7.39. The van der Waals surface area contributed by atoms with Crippen LogP contribution in [-0.2, 0) is 14.6 Å². The van der Waals surface area contributed by atoms with Crippen molar-refractivity contribution in [3.8, 4) is 5.75 Å². The fourth-order valence-corrected chi connectivity index (χ4v) is 5.12. The lowest BCUT2D eigenvalue weighted by Crippen LogP contribution is -2.32. The van der Waals surface area contributed by atoms with Crippen LogP contribution in [0.4, 0.5) is 0 Å². The first-order valence-corrected chi connectivity index (χ1v) is 10.9. The summed E-state index contributed by atoms with van der Waals surface area (Å²) in [7, 11) is -3.60. The Morgan fingerprint density at radius 2 is 2.08 bits per heavy atom. The van der Waals surface area contributed by atoms with Crippen LogP contribution in [0.1, 0.15) is 23.2 Å². The fourth-order valence-electron chi connectivity index (χ4n) is 2.29. The molecule has 26 heavy (non-hydrogen) atoms. The van der Waals surface area contributed by atoms with Crippen molar-refractivity contribution in [2.75, 3.05) is 13.2 Å². The van der Waals surface area contributed by atoms with Crippen LogP contribution >= 0.6 is 27.7 Å². The summed E-state index contributed by atoms with van der Waals surface area (Å²) in [4.78, 5) is 12.2. The minimum Gasteiger partial charge on any atom is -0.508 e. The SMILES string of the molecule is C=C(NC(=O)c1ccc(O)cc1Br)S/C=C(\N)S(=O)(=O)C1CCOCC1. The Labute approximate surface area is 164 Å². The van der Waals surface area contributed by atoms with Crippen molar-refractivity contribution in [1.82, 2.24) is 5.32 Å². The van der Waals surface area contributed by atoms with Gasteiger partial charge in [-0.1, -0.05) is 18.3 Å². The number of ether oxygens (including phenoxy) is 1. The maximum Gasteiger partial charge on any atom is 0.257 e. The van der Waals surface area contributed by atoms with Gasteiger partial charge in [0.1, 0.15) is 10.8 Å². The van der Waals surface area contributed by atoms with Crippen molar-refractivity contribution < 1.29 is 23.1 Å². The van der Waals surface area contributed by atoms with Crippen molar-refractivity contribution in [3.63, 3.8) is 0 Å². The van der Waals surface area contributed by atoms with E-state index in [-0.39, 0.29) is 15.8 Å². The zero-order valence-corrected chi connectivity index (χ0v) is 17.0. The average Bonchev–Trinajstić information content (AvgIpc) is 2.60. The van der Waals surface area contributed by atoms with Crippen molar-refractivity contribution in [2.24, 2.45) is 5.73 Å². The molecule has 7 nitrogen and oxygen atoms in total. The van der Waals surface area contributed by atoms with E-state index in [4.69, 9.17) is 10.5 Å². The first kappa shape index (κ1) is 20.8. The Bertz CT molecular complexity index is 833. The molecule has 0 unspecified atom stereocenters. The molecule has 0 bridgehead atoms. The molecule has 0 radical (unpaired) electrons. The molecule has 0 saturated carbocycles. The minimum absolute atomic E-state index is 0.0238. The molecule has 1 aromatic rings. The van der Waals surface area contributed by atoms with Gasteiger partial charge in [-0.2, -0.15) is 0 Å². The Balaban J connectivity index is 1.98. The second-order valence-electron chi connectivity index (χ2n) is 5.54. The number of benzene rings is 1. The van der Waals surface area contributed by atoms with Crippen molar-refractivity contribution >= 4 is 43.4 Å². The van der Waals surface area contributed by atoms with E-state index in [9.17, 15) is 18.3 Å². The molecule has 1 amide bonds. The number of sulfone groups is 1. The summed E-state index contributed by atoms with van der Waals surface area (Å²) in [6.45, 7) is 4.48. The van der Waals surface area contributed by atoms with Gasteiger partial charge >= 0.3 is 0 Å². The zero-order valence-electron chi connectivity index (χ0n) is 13.8. The van der Waals surface area contributed by atoms with Crippen LogP contribution in [0.25, 0.3) is 0 Å². The number of halogens is 1. The van der Waals surface area contributed by atoms with Crippen LogP contribution in [0, 0.1) is 0 Å². The number of nitrogens with two attached hydrogens (primary N) is 1. The van der Waals surface area contributed by atoms with Gasteiger partial charge in [-0.05, 0) is 47.0 Å². The molecule has 0 aromatic heterocycles. The number of amides is 1. The van der Waals surface area contributed by atoms with Gasteiger partial charge in [-0.3, -0.25) is 4.79 Å². The van der Waals surface area contributed by atoms with Crippen molar-refractivity contribution in [2.45, 2.75) is 18.1 Å². The standard InChI is InChI=1S/C16H19BrN2O5S2/c1-10(19-16(21)13-3-2-11(20)8-14(13)17)25-9-15(18)26(22,23)12-4-6-24-7-5-12/h2-3,8-9,12,20H,1,4-7,18H2,(H,19,21)/b15-9+. The minimum atomic E-state index is -3.60. The molecule has 2 rings (SSSR count). The molecule has 0 spiro atoms. The molecular weight excluding hydrogens is 444 g/mol. The maximum atomic E-state index is 12.4. The number of thioether (sulfide) groups is 1. The van der Waals surface area contributed by atoms with E-state index in [1.807, 2.05) is 0 Å². The number of rotatable bonds is 6. The molecule has 10 heteroatoms. The number of nitrogens with one attached hydrogen (secondary N) is 1. The second kappa shape index (κ2) is 8.94. The highest BCUT2D eigenvalue weighted by molar-refractivity contribution is 9.10. The molecule has 1 aromatic carbocycles. The molecule has 0 atom stereocenters. The van der Waals surface area contributed by atoms with E-state index in [2.05, 4.69) is 27.8 Å². The molecule has 1 saturated heterocycles. The largest absolute Gasteiger partial charge is 0.508 e. The van der Waals surface area contributed by atoms with Gasteiger partial charge < -0.3 is 20.9 Å². The highest BCUT2D eigenvalue weighted by atomic mass is 79.9. The number of phenolic OH excluding ortho intramolecular Hbond substituents is 1. The average molecular weight is 463 g/mol. The molecule has 0 aliphatic carbocycles. The van der Waals surface area contributed by atoms with E-state index < -0.39 is 21.0 Å². The summed E-state index contributed by atoms with van der Waals surface area (Å²) in [6.07, 6.45) is 0.822. The van der Waals surface area contributed by atoms with Crippen LogP contribution in [0.2, 0.25) is 0 Å². The van der Waals surface area contributed by atoms with E-state index in [0.717, 1.165) is 11.8 Å². The van der Waals surface area contributed by atoms with Crippen LogP contribution in [0.3, 0.4) is 0 Å². The van der Waals surface area contributed by atoms with Gasteiger partial charge in [0.2, 0.25) is 0 Å². The number of phenols is 1. The van der Waals surface area contributed by atoms with Gasteiger partial charge in [0.15, 0.2) is 9.84 Å². The summed E-state index contributed by atoms with van der Waals surface area (Å²) in [5.74, 6) is -0.427. The predicted octanol–water partition coefficient (Wildman–Crippen LogP) is 2.44.